The molecule has 2 nitrogen and oxygen atoms in total. The van der Waals surface area contributed by atoms with Gasteiger partial charge in [0.1, 0.15) is 6.10 Å². The Morgan fingerprint density at radius 1 is 1.47 bits per heavy atom. The first-order valence-electron chi connectivity index (χ1n) is 5.36. The van der Waals surface area contributed by atoms with Crippen molar-refractivity contribution in [2.24, 2.45) is 5.73 Å². The lowest BCUT2D eigenvalue weighted by molar-refractivity contribution is 0.188. The van der Waals surface area contributed by atoms with Gasteiger partial charge in [-0.1, -0.05) is 19.4 Å². The number of rotatable bonds is 2. The minimum atomic E-state index is -0.301. The van der Waals surface area contributed by atoms with Crippen LogP contribution < -0.4 is 10.5 Å². The van der Waals surface area contributed by atoms with Crippen LogP contribution in [0.5, 0.6) is 5.75 Å². The minimum Gasteiger partial charge on any atom is -0.485 e. The van der Waals surface area contributed by atoms with Gasteiger partial charge >= 0.3 is 0 Å². The highest BCUT2D eigenvalue weighted by atomic mass is 19.1. The van der Waals surface area contributed by atoms with Crippen LogP contribution in [0.2, 0.25) is 0 Å². The lowest BCUT2D eigenvalue weighted by Gasteiger charge is -2.13. The number of nitrogens with two attached hydrogens (primary N) is 1. The molecule has 0 amide bonds. The molecule has 82 valence electrons. The van der Waals surface area contributed by atoms with E-state index in [-0.39, 0.29) is 18.0 Å². The maximum atomic E-state index is 13.5. The molecule has 0 spiro atoms. The Morgan fingerprint density at radius 3 is 2.80 bits per heavy atom. The van der Waals surface area contributed by atoms with Gasteiger partial charge in [0.05, 0.1) is 6.04 Å². The van der Waals surface area contributed by atoms with Crippen molar-refractivity contribution >= 4 is 0 Å². The van der Waals surface area contributed by atoms with Crippen molar-refractivity contribution in [1.82, 2.24) is 0 Å². The largest absolute Gasteiger partial charge is 0.485 e. The predicted octanol–water partition coefficient (Wildman–Crippen LogP) is 2.70. The van der Waals surface area contributed by atoms with Crippen LogP contribution in [0.4, 0.5) is 4.39 Å². The van der Waals surface area contributed by atoms with E-state index < -0.39 is 0 Å². The third kappa shape index (κ3) is 1.61. The lowest BCUT2D eigenvalue weighted by atomic mass is 9.97. The average molecular weight is 209 g/mol. The van der Waals surface area contributed by atoms with Gasteiger partial charge in [-0.2, -0.15) is 0 Å². The number of halogens is 1. The summed E-state index contributed by atoms with van der Waals surface area (Å²) >= 11 is 0. The summed E-state index contributed by atoms with van der Waals surface area (Å²) < 4.78 is 19.0. The Kier molecular flexibility index (Phi) is 2.65. The Morgan fingerprint density at radius 2 is 2.20 bits per heavy atom. The fraction of sp³-hybridized carbons (Fsp3) is 0.500. The van der Waals surface area contributed by atoms with E-state index in [1.165, 1.54) is 6.07 Å². The molecule has 15 heavy (non-hydrogen) atoms. The molecule has 2 N–H and O–H groups in total. The van der Waals surface area contributed by atoms with Gasteiger partial charge in [0.15, 0.2) is 11.6 Å². The molecule has 2 rings (SSSR count). The van der Waals surface area contributed by atoms with Gasteiger partial charge in [-0.05, 0) is 25.0 Å². The van der Waals surface area contributed by atoms with E-state index in [1.807, 2.05) is 6.92 Å². The fourth-order valence-corrected chi connectivity index (χ4v) is 2.14. The monoisotopic (exact) mass is 209 g/mol. The number of ether oxygens (including phenoxy) is 1. The Labute approximate surface area is 89.2 Å². The van der Waals surface area contributed by atoms with Crippen molar-refractivity contribution in [2.75, 3.05) is 0 Å². The van der Waals surface area contributed by atoms with Crippen molar-refractivity contribution in [1.29, 1.82) is 0 Å². The van der Waals surface area contributed by atoms with E-state index in [1.54, 1.807) is 6.07 Å². The maximum Gasteiger partial charge on any atom is 0.165 e. The first-order chi connectivity index (χ1) is 7.15. The zero-order valence-corrected chi connectivity index (χ0v) is 9.09. The van der Waals surface area contributed by atoms with Gasteiger partial charge in [-0.15, -0.1) is 0 Å². The summed E-state index contributed by atoms with van der Waals surface area (Å²) in [7, 11) is 0. The van der Waals surface area contributed by atoms with Crippen molar-refractivity contribution in [3.05, 3.63) is 29.1 Å². The molecule has 0 bridgehead atoms. The highest BCUT2D eigenvalue weighted by Gasteiger charge is 2.34. The quantitative estimate of drug-likeness (QED) is 0.812. The molecule has 1 aliphatic rings. The summed E-state index contributed by atoms with van der Waals surface area (Å²) in [6, 6.07) is 3.01. The van der Waals surface area contributed by atoms with E-state index in [2.05, 4.69) is 6.92 Å². The van der Waals surface area contributed by atoms with Crippen molar-refractivity contribution in [2.45, 2.75) is 38.8 Å². The second kappa shape index (κ2) is 3.81. The molecule has 3 heteroatoms. The van der Waals surface area contributed by atoms with Crippen molar-refractivity contribution < 1.29 is 9.13 Å². The van der Waals surface area contributed by atoms with Crippen LogP contribution in [-0.4, -0.2) is 6.10 Å². The summed E-state index contributed by atoms with van der Waals surface area (Å²) in [5.41, 5.74) is 7.91. The smallest absolute Gasteiger partial charge is 0.165 e. The molecular formula is C12H16FNO. The topological polar surface area (TPSA) is 35.2 Å². The van der Waals surface area contributed by atoms with Crippen LogP contribution in [0.1, 0.15) is 36.9 Å². The third-order valence-corrected chi connectivity index (χ3v) is 2.94. The molecule has 0 saturated carbocycles. The molecular weight excluding hydrogens is 193 g/mol. The summed E-state index contributed by atoms with van der Waals surface area (Å²) in [5.74, 6) is 0.0607. The first-order valence-corrected chi connectivity index (χ1v) is 5.36. The minimum absolute atomic E-state index is 0.0689. The number of fused-ring (bicyclic) bond motifs is 1. The molecule has 0 radical (unpaired) electrons. The first kappa shape index (κ1) is 10.4. The van der Waals surface area contributed by atoms with Crippen LogP contribution in [0.25, 0.3) is 0 Å². The van der Waals surface area contributed by atoms with Gasteiger partial charge in [0.25, 0.3) is 0 Å². The van der Waals surface area contributed by atoms with Crippen LogP contribution in [-0.2, 0) is 0 Å². The van der Waals surface area contributed by atoms with Crippen LogP contribution in [0.3, 0.4) is 0 Å². The van der Waals surface area contributed by atoms with E-state index in [0.717, 1.165) is 24.0 Å². The van der Waals surface area contributed by atoms with Crippen LogP contribution in [0, 0.1) is 12.7 Å². The summed E-state index contributed by atoms with van der Waals surface area (Å²) in [6.07, 6.45) is 1.79. The molecule has 2 atom stereocenters. The fourth-order valence-electron chi connectivity index (χ4n) is 2.14. The van der Waals surface area contributed by atoms with E-state index >= 15 is 0 Å². The molecule has 0 fully saturated rings. The van der Waals surface area contributed by atoms with Crippen molar-refractivity contribution in [3.63, 3.8) is 0 Å². The van der Waals surface area contributed by atoms with Gasteiger partial charge < -0.3 is 10.5 Å². The number of benzene rings is 1. The normalized spacial score (nSPS) is 23.7. The van der Waals surface area contributed by atoms with Crippen molar-refractivity contribution in [3.8, 4) is 5.75 Å². The Bertz CT molecular complexity index is 378. The highest BCUT2D eigenvalue weighted by Crippen LogP contribution is 2.40. The lowest BCUT2D eigenvalue weighted by Crippen LogP contribution is -2.25. The highest BCUT2D eigenvalue weighted by molar-refractivity contribution is 5.46. The molecule has 1 aromatic rings. The molecule has 2 unspecified atom stereocenters. The zero-order chi connectivity index (χ0) is 11.0. The van der Waals surface area contributed by atoms with E-state index in [4.69, 9.17) is 10.5 Å². The number of hydrogen-bond donors (Lipinski definition) is 1. The summed E-state index contributed by atoms with van der Waals surface area (Å²) in [6.45, 7) is 4.01. The summed E-state index contributed by atoms with van der Waals surface area (Å²) in [4.78, 5) is 0. The number of aryl methyl sites for hydroxylation is 1. The third-order valence-electron chi connectivity index (χ3n) is 2.94. The van der Waals surface area contributed by atoms with Gasteiger partial charge in [0, 0.05) is 5.56 Å². The molecule has 0 saturated heterocycles. The van der Waals surface area contributed by atoms with Gasteiger partial charge in [-0.25, -0.2) is 4.39 Å². The number of hydrogen-bond acceptors (Lipinski definition) is 2. The second-order valence-electron chi connectivity index (χ2n) is 4.08. The zero-order valence-electron chi connectivity index (χ0n) is 9.09. The Hall–Kier alpha value is -1.09. The predicted molar refractivity (Wildman–Crippen MR) is 57.4 cm³/mol. The van der Waals surface area contributed by atoms with Gasteiger partial charge in [0.2, 0.25) is 0 Å². The molecule has 0 aliphatic carbocycles. The molecule has 1 heterocycles. The SMILES string of the molecule is CCCC1Oc2c(F)ccc(C)c2C1N. The van der Waals surface area contributed by atoms with E-state index in [9.17, 15) is 4.39 Å². The summed E-state index contributed by atoms with van der Waals surface area (Å²) in [5, 5.41) is 0. The standard InChI is InChI=1S/C12H16FNO/c1-3-4-9-11(14)10-7(2)5-6-8(13)12(10)15-9/h5-6,9,11H,3-4,14H2,1-2H3. The maximum absolute atomic E-state index is 13.5. The van der Waals surface area contributed by atoms with Crippen LogP contribution in [0.15, 0.2) is 12.1 Å². The molecule has 0 aromatic heterocycles. The Balaban J connectivity index is 2.40. The van der Waals surface area contributed by atoms with Crippen LogP contribution >= 0.6 is 0 Å². The average Bonchev–Trinajstić information content (AvgIpc) is 2.53. The second-order valence-corrected chi connectivity index (χ2v) is 4.08. The van der Waals surface area contributed by atoms with Gasteiger partial charge in [-0.3, -0.25) is 0 Å². The van der Waals surface area contributed by atoms with E-state index in [0.29, 0.717) is 5.75 Å². The molecule has 1 aliphatic heterocycles. The molecule has 1 aromatic carbocycles.